The summed E-state index contributed by atoms with van der Waals surface area (Å²) in [4.78, 5) is 14.9. The third-order valence-electron chi connectivity index (χ3n) is 7.74. The van der Waals surface area contributed by atoms with Crippen LogP contribution < -0.4 is 20.1 Å². The molecule has 39 heavy (non-hydrogen) atoms. The van der Waals surface area contributed by atoms with Crippen LogP contribution >= 0.6 is 12.4 Å². The third-order valence-corrected chi connectivity index (χ3v) is 7.74. The number of aromatic nitrogens is 2. The molecule has 2 aromatic carbocycles. The van der Waals surface area contributed by atoms with Crippen LogP contribution in [0.4, 0.5) is 19.0 Å². The smallest absolute Gasteiger partial charge is 0.410 e. The first-order valence-corrected chi connectivity index (χ1v) is 12.5. The molecule has 2 fully saturated rings. The van der Waals surface area contributed by atoms with Crippen molar-refractivity contribution in [1.29, 1.82) is 0 Å². The van der Waals surface area contributed by atoms with E-state index in [9.17, 15) is 18.0 Å². The SMILES string of the molecule is COc1ccc(C2CC(C(F)(F)F)n3nc(-c4ccc(C(=O)N5C[C@@H]6C[C@H]5CN6)cc4)cc3N2)cc1OC.Cl. The molecule has 3 aliphatic heterocycles. The van der Waals surface area contributed by atoms with Gasteiger partial charge in [0.15, 0.2) is 17.5 Å². The Morgan fingerprint density at radius 1 is 1.03 bits per heavy atom. The van der Waals surface area contributed by atoms with Crippen LogP contribution in [-0.4, -0.2) is 66.2 Å². The van der Waals surface area contributed by atoms with Crippen LogP contribution in [0.1, 0.15) is 40.8 Å². The normalized spacial score (nSPS) is 23.6. The van der Waals surface area contributed by atoms with Crippen molar-refractivity contribution in [1.82, 2.24) is 20.0 Å². The zero-order valence-electron chi connectivity index (χ0n) is 21.4. The largest absolute Gasteiger partial charge is 0.493 e. The number of nitrogens with zero attached hydrogens (tertiary/aromatic N) is 3. The minimum absolute atomic E-state index is 0. The predicted molar refractivity (Wildman–Crippen MR) is 142 cm³/mol. The van der Waals surface area contributed by atoms with Gasteiger partial charge in [-0.3, -0.25) is 4.79 Å². The van der Waals surface area contributed by atoms with E-state index in [-0.39, 0.29) is 36.6 Å². The highest BCUT2D eigenvalue weighted by molar-refractivity contribution is 5.95. The number of fused-ring (bicyclic) bond motifs is 3. The number of piperazine rings is 1. The van der Waals surface area contributed by atoms with Gasteiger partial charge in [0.05, 0.1) is 26.0 Å². The number of nitrogens with one attached hydrogen (secondary N) is 2. The number of hydrogen-bond donors (Lipinski definition) is 2. The molecule has 2 saturated heterocycles. The molecule has 2 unspecified atom stereocenters. The summed E-state index contributed by atoms with van der Waals surface area (Å²) in [6.45, 7) is 1.51. The lowest BCUT2D eigenvalue weighted by Gasteiger charge is -2.33. The molecule has 4 atom stereocenters. The first kappa shape index (κ1) is 27.1. The lowest BCUT2D eigenvalue weighted by atomic mass is 9.96. The van der Waals surface area contributed by atoms with Gasteiger partial charge in [0, 0.05) is 48.8 Å². The van der Waals surface area contributed by atoms with Crippen LogP contribution in [0.3, 0.4) is 0 Å². The molecule has 4 heterocycles. The standard InChI is InChI=1S/C27H28F3N5O3.ClH/c1-37-22-8-7-17(9-23(22)38-2)20-11-24(27(28,29)30)35-25(32-20)12-21(33-35)15-3-5-16(6-4-15)26(36)34-14-18-10-19(34)13-31-18;/h3-9,12,18-20,24,31-32H,10-11,13-14H2,1-2H3;1H/t18-,19-,20?,24?;/m0./s1. The summed E-state index contributed by atoms with van der Waals surface area (Å²) < 4.78 is 54.1. The first-order valence-electron chi connectivity index (χ1n) is 12.5. The quantitative estimate of drug-likeness (QED) is 0.463. The van der Waals surface area contributed by atoms with Crippen LogP contribution in [0.25, 0.3) is 11.3 Å². The highest BCUT2D eigenvalue weighted by Gasteiger charge is 2.47. The fourth-order valence-electron chi connectivity index (χ4n) is 5.76. The maximum absolute atomic E-state index is 14.2. The molecule has 1 amide bonds. The summed E-state index contributed by atoms with van der Waals surface area (Å²) in [5, 5.41) is 10.9. The Kier molecular flexibility index (Phi) is 7.15. The van der Waals surface area contributed by atoms with E-state index in [1.54, 1.807) is 48.5 Å². The van der Waals surface area contributed by atoms with Gasteiger partial charge >= 0.3 is 6.18 Å². The highest BCUT2D eigenvalue weighted by atomic mass is 35.5. The zero-order valence-corrected chi connectivity index (χ0v) is 22.2. The van der Waals surface area contributed by atoms with E-state index in [1.807, 2.05) is 4.90 Å². The van der Waals surface area contributed by atoms with Crippen molar-refractivity contribution in [2.75, 3.05) is 32.6 Å². The lowest BCUT2D eigenvalue weighted by molar-refractivity contribution is -0.173. The average Bonchev–Trinajstić information content (AvgIpc) is 3.67. The first-order chi connectivity index (χ1) is 18.2. The number of methoxy groups -OCH3 is 2. The number of ether oxygens (including phenoxy) is 2. The fraction of sp³-hybridized carbons (Fsp3) is 0.407. The summed E-state index contributed by atoms with van der Waals surface area (Å²) in [6.07, 6.45) is -3.75. The monoisotopic (exact) mass is 563 g/mol. The molecule has 0 radical (unpaired) electrons. The van der Waals surface area contributed by atoms with Crippen molar-refractivity contribution in [3.05, 3.63) is 59.7 Å². The maximum atomic E-state index is 14.2. The van der Waals surface area contributed by atoms with Crippen LogP contribution in [0.5, 0.6) is 11.5 Å². The van der Waals surface area contributed by atoms with Crippen molar-refractivity contribution in [3.63, 3.8) is 0 Å². The second-order valence-corrected chi connectivity index (χ2v) is 9.99. The number of rotatable bonds is 5. The van der Waals surface area contributed by atoms with E-state index in [0.29, 0.717) is 46.5 Å². The molecule has 6 rings (SSSR count). The minimum atomic E-state index is -4.49. The Bertz CT molecular complexity index is 1360. The van der Waals surface area contributed by atoms with Gasteiger partial charge in [0.1, 0.15) is 5.82 Å². The summed E-state index contributed by atoms with van der Waals surface area (Å²) in [6, 6.07) is 11.8. The number of halogens is 4. The minimum Gasteiger partial charge on any atom is -0.493 e. The summed E-state index contributed by atoms with van der Waals surface area (Å²) in [5.74, 6) is 1.20. The second kappa shape index (κ2) is 10.3. The van der Waals surface area contributed by atoms with Crippen LogP contribution in [0, 0.1) is 0 Å². The molecule has 8 nitrogen and oxygen atoms in total. The van der Waals surface area contributed by atoms with Gasteiger partial charge in [-0.05, 0) is 36.2 Å². The number of hydrogen-bond acceptors (Lipinski definition) is 6. The van der Waals surface area contributed by atoms with Crippen LogP contribution in [-0.2, 0) is 0 Å². The molecule has 3 aromatic rings. The Morgan fingerprint density at radius 3 is 2.38 bits per heavy atom. The predicted octanol–water partition coefficient (Wildman–Crippen LogP) is 4.84. The van der Waals surface area contributed by atoms with Crippen molar-refractivity contribution in [2.45, 2.75) is 43.2 Å². The topological polar surface area (TPSA) is 80.7 Å². The van der Waals surface area contributed by atoms with Gasteiger partial charge in [-0.25, -0.2) is 4.68 Å². The number of alkyl halides is 3. The number of carbonyl (C=O) groups is 1. The van der Waals surface area contributed by atoms with Crippen LogP contribution in [0.15, 0.2) is 48.5 Å². The molecular weight excluding hydrogens is 535 g/mol. The van der Waals surface area contributed by atoms with Crippen LogP contribution in [0.2, 0.25) is 0 Å². The van der Waals surface area contributed by atoms with Gasteiger partial charge in [-0.1, -0.05) is 18.2 Å². The molecule has 1 aromatic heterocycles. The molecule has 12 heteroatoms. The number of carbonyl (C=O) groups excluding carboxylic acids is 1. The Balaban J connectivity index is 0.00000308. The van der Waals surface area contributed by atoms with Crippen molar-refractivity contribution >= 4 is 24.1 Å². The van der Waals surface area contributed by atoms with Crippen molar-refractivity contribution < 1.29 is 27.4 Å². The van der Waals surface area contributed by atoms with E-state index in [1.165, 1.54) is 14.2 Å². The molecule has 3 aliphatic rings. The van der Waals surface area contributed by atoms with E-state index in [0.717, 1.165) is 17.6 Å². The molecule has 0 spiro atoms. The van der Waals surface area contributed by atoms with Gasteiger partial charge in [0.2, 0.25) is 0 Å². The Labute approximate surface area is 229 Å². The number of likely N-dealkylation sites (tertiary alicyclic amines) is 1. The van der Waals surface area contributed by atoms with E-state index >= 15 is 0 Å². The summed E-state index contributed by atoms with van der Waals surface area (Å²) >= 11 is 0. The maximum Gasteiger partial charge on any atom is 0.410 e. The summed E-state index contributed by atoms with van der Waals surface area (Å²) in [5.41, 5.74) is 2.25. The average molecular weight is 564 g/mol. The van der Waals surface area contributed by atoms with E-state index in [2.05, 4.69) is 15.7 Å². The molecule has 0 aliphatic carbocycles. The van der Waals surface area contributed by atoms with Gasteiger partial charge in [-0.2, -0.15) is 18.3 Å². The zero-order chi connectivity index (χ0) is 26.6. The fourth-order valence-corrected chi connectivity index (χ4v) is 5.76. The molecule has 0 saturated carbocycles. The molecular formula is C27H29ClF3N5O3. The lowest BCUT2D eigenvalue weighted by Crippen LogP contribution is -2.46. The number of benzene rings is 2. The Morgan fingerprint density at radius 2 is 1.77 bits per heavy atom. The number of anilines is 1. The van der Waals surface area contributed by atoms with Crippen molar-refractivity contribution in [3.8, 4) is 22.8 Å². The highest BCUT2D eigenvalue weighted by Crippen LogP contribution is 2.45. The van der Waals surface area contributed by atoms with Gasteiger partial charge in [0.25, 0.3) is 5.91 Å². The van der Waals surface area contributed by atoms with Gasteiger partial charge < -0.3 is 25.0 Å². The van der Waals surface area contributed by atoms with Gasteiger partial charge in [-0.15, -0.1) is 12.4 Å². The van der Waals surface area contributed by atoms with E-state index in [4.69, 9.17) is 9.47 Å². The molecule has 2 bridgehead atoms. The van der Waals surface area contributed by atoms with E-state index < -0.39 is 18.3 Å². The second-order valence-electron chi connectivity index (χ2n) is 9.99. The molecule has 208 valence electrons. The third kappa shape index (κ3) is 4.89. The Hall–Kier alpha value is -3.44. The summed E-state index contributed by atoms with van der Waals surface area (Å²) in [7, 11) is 2.99. The number of amides is 1. The van der Waals surface area contributed by atoms with Crippen molar-refractivity contribution in [2.24, 2.45) is 0 Å². The molecule has 2 N–H and O–H groups in total.